The molecule has 1 saturated heterocycles. The van der Waals surface area contributed by atoms with Crippen molar-refractivity contribution in [3.8, 4) is 0 Å². The largest absolute Gasteiger partial charge is 0.330 e. The quantitative estimate of drug-likeness (QED) is 0.723. The first-order chi connectivity index (χ1) is 7.63. The van der Waals surface area contributed by atoms with Gasteiger partial charge in [0, 0.05) is 13.1 Å². The second kappa shape index (κ2) is 6.61. The zero-order chi connectivity index (χ0) is 12.0. The minimum absolute atomic E-state index is 0.343. The number of likely N-dealkylation sites (tertiary alicyclic amines) is 1. The van der Waals surface area contributed by atoms with Crippen LogP contribution in [0.3, 0.4) is 0 Å². The molecule has 16 heavy (non-hydrogen) atoms. The summed E-state index contributed by atoms with van der Waals surface area (Å²) in [5, 5.41) is 0. The predicted octanol–water partition coefficient (Wildman–Crippen LogP) is 2.87. The van der Waals surface area contributed by atoms with Gasteiger partial charge >= 0.3 is 0 Å². The Labute approximate surface area is 102 Å². The molecular formula is C14H30N2. The van der Waals surface area contributed by atoms with Gasteiger partial charge in [-0.05, 0) is 43.7 Å². The van der Waals surface area contributed by atoms with Crippen molar-refractivity contribution in [3.63, 3.8) is 0 Å². The van der Waals surface area contributed by atoms with E-state index >= 15 is 0 Å². The third-order valence-corrected chi connectivity index (χ3v) is 4.02. The maximum atomic E-state index is 5.94. The van der Waals surface area contributed by atoms with E-state index in [9.17, 15) is 0 Å². The summed E-state index contributed by atoms with van der Waals surface area (Å²) in [4.78, 5) is 2.64. The second-order valence-corrected chi connectivity index (χ2v) is 5.94. The Morgan fingerprint density at radius 2 is 2.06 bits per heavy atom. The van der Waals surface area contributed by atoms with Crippen molar-refractivity contribution < 1.29 is 0 Å². The van der Waals surface area contributed by atoms with Crippen molar-refractivity contribution in [2.75, 3.05) is 26.2 Å². The Bertz CT molecular complexity index is 193. The van der Waals surface area contributed by atoms with Gasteiger partial charge in [-0.2, -0.15) is 0 Å². The zero-order valence-corrected chi connectivity index (χ0v) is 11.5. The summed E-state index contributed by atoms with van der Waals surface area (Å²) >= 11 is 0. The lowest BCUT2D eigenvalue weighted by Crippen LogP contribution is -2.39. The van der Waals surface area contributed by atoms with Crippen molar-refractivity contribution in [2.45, 2.75) is 52.9 Å². The van der Waals surface area contributed by atoms with Gasteiger partial charge in [-0.3, -0.25) is 0 Å². The highest BCUT2D eigenvalue weighted by Crippen LogP contribution is 2.28. The van der Waals surface area contributed by atoms with Crippen molar-refractivity contribution in [1.29, 1.82) is 0 Å². The van der Waals surface area contributed by atoms with Crippen LogP contribution in [0, 0.1) is 11.3 Å². The van der Waals surface area contributed by atoms with Gasteiger partial charge in [-0.25, -0.2) is 0 Å². The maximum Gasteiger partial charge on any atom is 0.00475 e. The van der Waals surface area contributed by atoms with Gasteiger partial charge in [0.05, 0.1) is 0 Å². The number of hydrogen-bond acceptors (Lipinski definition) is 2. The molecule has 0 amide bonds. The van der Waals surface area contributed by atoms with E-state index in [4.69, 9.17) is 5.73 Å². The number of nitrogens with two attached hydrogens (primary N) is 1. The van der Waals surface area contributed by atoms with Crippen LogP contribution in [0.15, 0.2) is 0 Å². The van der Waals surface area contributed by atoms with Gasteiger partial charge in [0.1, 0.15) is 0 Å². The van der Waals surface area contributed by atoms with Crippen LogP contribution in [0.2, 0.25) is 0 Å². The number of nitrogens with zero attached hydrogens (tertiary/aromatic N) is 1. The molecule has 1 heterocycles. The minimum atomic E-state index is 0.343. The first kappa shape index (κ1) is 14.0. The monoisotopic (exact) mass is 226 g/mol. The average Bonchev–Trinajstić information content (AvgIpc) is 2.66. The lowest BCUT2D eigenvalue weighted by atomic mass is 9.85. The van der Waals surface area contributed by atoms with E-state index in [1.54, 1.807) is 0 Å². The molecule has 0 aromatic rings. The fourth-order valence-electron chi connectivity index (χ4n) is 3.09. The molecule has 1 aliphatic rings. The van der Waals surface area contributed by atoms with Crippen molar-refractivity contribution in [2.24, 2.45) is 17.1 Å². The average molecular weight is 226 g/mol. The van der Waals surface area contributed by atoms with Crippen LogP contribution in [-0.4, -0.2) is 31.1 Å². The van der Waals surface area contributed by atoms with Gasteiger partial charge < -0.3 is 10.6 Å². The predicted molar refractivity (Wildman–Crippen MR) is 71.5 cm³/mol. The van der Waals surface area contributed by atoms with E-state index in [1.165, 1.54) is 51.7 Å². The summed E-state index contributed by atoms with van der Waals surface area (Å²) in [6.07, 6.45) is 6.66. The normalized spacial score (nSPS) is 25.9. The highest BCUT2D eigenvalue weighted by atomic mass is 15.2. The Hall–Kier alpha value is -0.0800. The smallest absolute Gasteiger partial charge is 0.00475 e. The molecule has 0 saturated carbocycles. The molecule has 0 aromatic heterocycles. The summed E-state index contributed by atoms with van der Waals surface area (Å²) in [6.45, 7) is 11.6. The third kappa shape index (κ3) is 4.06. The van der Waals surface area contributed by atoms with Crippen molar-refractivity contribution in [1.82, 2.24) is 4.90 Å². The van der Waals surface area contributed by atoms with Gasteiger partial charge in [0.15, 0.2) is 0 Å². The highest BCUT2D eigenvalue weighted by Gasteiger charge is 2.29. The van der Waals surface area contributed by atoms with E-state index in [2.05, 4.69) is 25.7 Å². The van der Waals surface area contributed by atoms with Crippen molar-refractivity contribution >= 4 is 0 Å². The summed E-state index contributed by atoms with van der Waals surface area (Å²) in [6, 6.07) is 0. The van der Waals surface area contributed by atoms with Crippen LogP contribution in [0.5, 0.6) is 0 Å². The molecule has 1 rings (SSSR count). The molecule has 2 unspecified atom stereocenters. The van der Waals surface area contributed by atoms with Gasteiger partial charge in [0.2, 0.25) is 0 Å². The Morgan fingerprint density at radius 3 is 2.62 bits per heavy atom. The van der Waals surface area contributed by atoms with Crippen LogP contribution >= 0.6 is 0 Å². The van der Waals surface area contributed by atoms with E-state index in [0.717, 1.165) is 12.5 Å². The van der Waals surface area contributed by atoms with Crippen LogP contribution in [0.25, 0.3) is 0 Å². The molecule has 0 bridgehead atoms. The van der Waals surface area contributed by atoms with Gasteiger partial charge in [0.25, 0.3) is 0 Å². The minimum Gasteiger partial charge on any atom is -0.330 e. The molecule has 1 aliphatic heterocycles. The molecular weight excluding hydrogens is 196 g/mol. The zero-order valence-electron chi connectivity index (χ0n) is 11.5. The molecule has 2 atom stereocenters. The van der Waals surface area contributed by atoms with Crippen LogP contribution in [0.1, 0.15) is 52.9 Å². The van der Waals surface area contributed by atoms with E-state index in [1.807, 2.05) is 0 Å². The number of hydrogen-bond donors (Lipinski definition) is 1. The third-order valence-electron chi connectivity index (χ3n) is 4.02. The summed E-state index contributed by atoms with van der Waals surface area (Å²) in [5.41, 5.74) is 6.28. The van der Waals surface area contributed by atoms with E-state index in [-0.39, 0.29) is 0 Å². The van der Waals surface area contributed by atoms with Crippen LogP contribution < -0.4 is 5.73 Å². The lowest BCUT2D eigenvalue weighted by Gasteiger charge is -2.32. The van der Waals surface area contributed by atoms with Gasteiger partial charge in [-0.15, -0.1) is 0 Å². The lowest BCUT2D eigenvalue weighted by molar-refractivity contribution is 0.179. The molecule has 1 fully saturated rings. The Morgan fingerprint density at radius 1 is 1.31 bits per heavy atom. The molecule has 96 valence electrons. The molecule has 2 nitrogen and oxygen atoms in total. The standard InChI is InChI=1S/C14H30N2/c1-4-6-13-7-9-16(10-13)12-14(3,11-15)8-5-2/h13H,4-12,15H2,1-3H3. The maximum absolute atomic E-state index is 5.94. The molecule has 0 aromatic carbocycles. The Kier molecular flexibility index (Phi) is 5.77. The SMILES string of the molecule is CCCC1CCN(CC(C)(CN)CCC)C1. The van der Waals surface area contributed by atoms with Crippen LogP contribution in [0.4, 0.5) is 0 Å². The topological polar surface area (TPSA) is 29.3 Å². The molecule has 2 N–H and O–H groups in total. The summed E-state index contributed by atoms with van der Waals surface area (Å²) in [5.74, 6) is 0.952. The first-order valence-electron chi connectivity index (χ1n) is 7.06. The first-order valence-corrected chi connectivity index (χ1v) is 7.06. The van der Waals surface area contributed by atoms with Crippen LogP contribution in [-0.2, 0) is 0 Å². The van der Waals surface area contributed by atoms with E-state index < -0.39 is 0 Å². The Balaban J connectivity index is 2.36. The van der Waals surface area contributed by atoms with E-state index in [0.29, 0.717) is 5.41 Å². The molecule has 2 heteroatoms. The summed E-state index contributed by atoms with van der Waals surface area (Å²) < 4.78 is 0. The fourth-order valence-corrected chi connectivity index (χ4v) is 3.09. The second-order valence-electron chi connectivity index (χ2n) is 5.94. The summed E-state index contributed by atoms with van der Waals surface area (Å²) in [7, 11) is 0. The molecule has 0 radical (unpaired) electrons. The molecule has 0 aliphatic carbocycles. The van der Waals surface area contributed by atoms with Crippen molar-refractivity contribution in [3.05, 3.63) is 0 Å². The number of rotatable bonds is 7. The van der Waals surface area contributed by atoms with Gasteiger partial charge in [-0.1, -0.05) is 33.6 Å². The highest BCUT2D eigenvalue weighted by molar-refractivity contribution is 4.83. The molecule has 0 spiro atoms. The fraction of sp³-hybridized carbons (Fsp3) is 1.00.